The third-order valence-electron chi connectivity index (χ3n) is 11.4. The van der Waals surface area contributed by atoms with Crippen LogP contribution in [0.15, 0.2) is 203 Å². The van der Waals surface area contributed by atoms with Gasteiger partial charge in [0.05, 0.1) is 33.2 Å². The van der Waals surface area contributed by atoms with E-state index in [1.54, 1.807) is 0 Å². The van der Waals surface area contributed by atoms with Crippen LogP contribution in [0.25, 0.3) is 93.3 Å². The topological polar surface area (TPSA) is 34.5 Å². The first-order chi connectivity index (χ1) is 27.8. The average Bonchev–Trinajstić information content (AvgIpc) is 3.95. The first kappa shape index (κ1) is 30.9. The summed E-state index contributed by atoms with van der Waals surface area (Å²) in [6.07, 6.45) is 0. The summed E-state index contributed by atoms with van der Waals surface area (Å²) in [5.41, 5.74) is 12.5. The number of aromatic nitrogens is 1. The number of furan rings is 2. The van der Waals surface area contributed by atoms with Crippen molar-refractivity contribution in [3.05, 3.63) is 194 Å². The van der Waals surface area contributed by atoms with Crippen molar-refractivity contribution in [3.63, 3.8) is 0 Å². The van der Waals surface area contributed by atoms with E-state index in [9.17, 15) is 0 Å². The summed E-state index contributed by atoms with van der Waals surface area (Å²) in [7, 11) is 0. The maximum atomic E-state index is 6.71. The number of anilines is 3. The summed E-state index contributed by atoms with van der Waals surface area (Å²) in [6.45, 7) is 0. The summed E-state index contributed by atoms with van der Waals surface area (Å²) in [4.78, 5) is 2.38. The molecule has 0 aliphatic heterocycles. The van der Waals surface area contributed by atoms with Gasteiger partial charge in [0.25, 0.3) is 0 Å². The molecule has 12 aromatic rings. The third kappa shape index (κ3) is 4.47. The first-order valence-electron chi connectivity index (χ1n) is 19.0. The van der Waals surface area contributed by atoms with Crippen molar-refractivity contribution in [2.75, 3.05) is 4.90 Å². The summed E-state index contributed by atoms with van der Waals surface area (Å²) in [5, 5.41) is 9.04. The SMILES string of the molecule is c1ccc(-n2c3ccccc3c3c(-c4ccc(N(c5cccc6oc7ccccc7c56)c5cccc6oc7c8ccccc8ccc7c56)cc4)cccc32)cc1. The lowest BCUT2D eigenvalue weighted by atomic mass is 9.98. The molecule has 0 aliphatic carbocycles. The minimum absolute atomic E-state index is 0.848. The second kappa shape index (κ2) is 12.0. The molecule has 0 saturated carbocycles. The predicted molar refractivity (Wildman–Crippen MR) is 233 cm³/mol. The van der Waals surface area contributed by atoms with Gasteiger partial charge in [-0.2, -0.15) is 0 Å². The van der Waals surface area contributed by atoms with E-state index in [-0.39, 0.29) is 0 Å². The molecule has 9 aromatic carbocycles. The zero-order chi connectivity index (χ0) is 36.7. The van der Waals surface area contributed by atoms with Gasteiger partial charge in [-0.05, 0) is 89.3 Å². The molecule has 0 bridgehead atoms. The van der Waals surface area contributed by atoms with Gasteiger partial charge in [0.1, 0.15) is 22.3 Å². The molecule has 3 aromatic heterocycles. The molecule has 4 heteroatoms. The molecule has 0 atom stereocenters. The summed E-state index contributed by atoms with van der Waals surface area (Å²) in [5.74, 6) is 0. The van der Waals surface area contributed by atoms with Gasteiger partial charge in [0.15, 0.2) is 0 Å². The van der Waals surface area contributed by atoms with E-state index in [0.717, 1.165) is 83.0 Å². The van der Waals surface area contributed by atoms with Gasteiger partial charge in [0.2, 0.25) is 0 Å². The van der Waals surface area contributed by atoms with Gasteiger partial charge in [-0.1, -0.05) is 121 Å². The highest BCUT2D eigenvalue weighted by Crippen LogP contribution is 2.48. The van der Waals surface area contributed by atoms with Crippen molar-refractivity contribution < 1.29 is 8.83 Å². The van der Waals surface area contributed by atoms with Crippen LogP contribution >= 0.6 is 0 Å². The van der Waals surface area contributed by atoms with E-state index >= 15 is 0 Å². The maximum absolute atomic E-state index is 6.71. The molecule has 3 heterocycles. The lowest BCUT2D eigenvalue weighted by molar-refractivity contribution is 0.669. The number of hydrogen-bond donors (Lipinski definition) is 0. The number of benzene rings is 9. The Balaban J connectivity index is 1.10. The fourth-order valence-electron chi connectivity index (χ4n) is 8.98. The van der Waals surface area contributed by atoms with E-state index in [0.29, 0.717) is 0 Å². The Bertz CT molecular complexity index is 3480. The summed E-state index contributed by atoms with van der Waals surface area (Å²) >= 11 is 0. The van der Waals surface area contributed by atoms with E-state index in [4.69, 9.17) is 8.83 Å². The number of hydrogen-bond acceptors (Lipinski definition) is 3. The fourth-order valence-corrected chi connectivity index (χ4v) is 8.98. The Morgan fingerprint density at radius 2 is 1.00 bits per heavy atom. The monoisotopic (exact) mass is 716 g/mol. The molecule has 0 radical (unpaired) electrons. The van der Waals surface area contributed by atoms with Crippen LogP contribution in [0.5, 0.6) is 0 Å². The number of nitrogens with zero attached hydrogens (tertiary/aromatic N) is 2. The van der Waals surface area contributed by atoms with Gasteiger partial charge >= 0.3 is 0 Å². The van der Waals surface area contributed by atoms with Crippen molar-refractivity contribution in [1.82, 2.24) is 4.57 Å². The number of fused-ring (bicyclic) bond motifs is 11. The lowest BCUT2D eigenvalue weighted by Crippen LogP contribution is -2.10. The van der Waals surface area contributed by atoms with Gasteiger partial charge in [0, 0.05) is 38.3 Å². The first-order valence-corrected chi connectivity index (χ1v) is 19.0. The van der Waals surface area contributed by atoms with Crippen LogP contribution in [0.1, 0.15) is 0 Å². The van der Waals surface area contributed by atoms with Crippen molar-refractivity contribution in [3.8, 4) is 16.8 Å². The molecule has 12 rings (SSSR count). The summed E-state index contributed by atoms with van der Waals surface area (Å²) < 4.78 is 15.5. The molecule has 262 valence electrons. The zero-order valence-corrected chi connectivity index (χ0v) is 30.2. The van der Waals surface area contributed by atoms with Crippen molar-refractivity contribution in [2.45, 2.75) is 0 Å². The molecule has 4 nitrogen and oxygen atoms in total. The highest BCUT2D eigenvalue weighted by Gasteiger charge is 2.24. The smallest absolute Gasteiger partial charge is 0.143 e. The minimum Gasteiger partial charge on any atom is -0.456 e. The van der Waals surface area contributed by atoms with Gasteiger partial charge in [-0.3, -0.25) is 0 Å². The van der Waals surface area contributed by atoms with Crippen LogP contribution in [0, 0.1) is 0 Å². The predicted octanol–water partition coefficient (Wildman–Crippen LogP) is 14.9. The Morgan fingerprint density at radius 1 is 0.375 bits per heavy atom. The second-order valence-corrected chi connectivity index (χ2v) is 14.4. The normalized spacial score (nSPS) is 11.9. The Kier molecular flexibility index (Phi) is 6.60. The number of rotatable bonds is 5. The van der Waals surface area contributed by atoms with Gasteiger partial charge in [-0.25, -0.2) is 0 Å². The van der Waals surface area contributed by atoms with Crippen LogP contribution in [0.4, 0.5) is 17.1 Å². The van der Waals surface area contributed by atoms with Crippen LogP contribution in [0.3, 0.4) is 0 Å². The largest absolute Gasteiger partial charge is 0.456 e. The van der Waals surface area contributed by atoms with Gasteiger partial charge in [-0.15, -0.1) is 0 Å². The van der Waals surface area contributed by atoms with E-state index in [1.165, 1.54) is 27.4 Å². The van der Waals surface area contributed by atoms with Crippen molar-refractivity contribution >= 4 is 93.5 Å². The molecule has 0 unspecified atom stereocenters. The van der Waals surface area contributed by atoms with Crippen LogP contribution in [-0.2, 0) is 0 Å². The van der Waals surface area contributed by atoms with Crippen LogP contribution in [-0.4, -0.2) is 4.57 Å². The van der Waals surface area contributed by atoms with Crippen molar-refractivity contribution in [1.29, 1.82) is 0 Å². The molecular weight excluding hydrogens is 685 g/mol. The van der Waals surface area contributed by atoms with Crippen LogP contribution < -0.4 is 4.90 Å². The molecule has 0 fully saturated rings. The molecule has 0 N–H and O–H groups in total. The Labute approximate surface area is 321 Å². The molecule has 0 aliphatic rings. The molecule has 56 heavy (non-hydrogen) atoms. The lowest BCUT2D eigenvalue weighted by Gasteiger charge is -2.27. The van der Waals surface area contributed by atoms with Crippen LogP contribution in [0.2, 0.25) is 0 Å². The van der Waals surface area contributed by atoms with E-state index in [1.807, 2.05) is 12.1 Å². The standard InChI is InChI=1S/C52H32N2O2/c1-2-14-35(15-3-1)53-42-20-8-6-17-39(42)49-37(19-10-21-43(49)53)34-27-30-36(31-28-34)54(44-22-11-25-47-50(44)40-18-7-9-24-46(40)55-47)45-23-12-26-48-51(45)41-32-29-33-13-4-5-16-38(33)52(41)56-48/h1-32H. The second-order valence-electron chi connectivity index (χ2n) is 14.4. The van der Waals surface area contributed by atoms with Gasteiger partial charge < -0.3 is 18.3 Å². The number of para-hydroxylation sites is 3. The zero-order valence-electron chi connectivity index (χ0n) is 30.2. The van der Waals surface area contributed by atoms with Crippen molar-refractivity contribution in [2.24, 2.45) is 0 Å². The third-order valence-corrected chi connectivity index (χ3v) is 11.4. The average molecular weight is 717 g/mol. The molecule has 0 spiro atoms. The maximum Gasteiger partial charge on any atom is 0.143 e. The quantitative estimate of drug-likeness (QED) is 0.178. The van der Waals surface area contributed by atoms with E-state index in [2.05, 4.69) is 191 Å². The molecule has 0 amide bonds. The summed E-state index contributed by atoms with van der Waals surface area (Å²) in [6, 6.07) is 68.9. The highest BCUT2D eigenvalue weighted by atomic mass is 16.3. The molecule has 0 saturated heterocycles. The molecular formula is C52H32N2O2. The Hall–Kier alpha value is -7.56. The Morgan fingerprint density at radius 3 is 1.82 bits per heavy atom. The van der Waals surface area contributed by atoms with E-state index < -0.39 is 0 Å². The minimum atomic E-state index is 0.848. The highest BCUT2D eigenvalue weighted by molar-refractivity contribution is 6.21. The fraction of sp³-hybridized carbons (Fsp3) is 0.